The van der Waals surface area contributed by atoms with Gasteiger partial charge in [0.25, 0.3) is 0 Å². The summed E-state index contributed by atoms with van der Waals surface area (Å²) >= 11 is 3.20. The lowest BCUT2D eigenvalue weighted by molar-refractivity contribution is 0.530. The Morgan fingerprint density at radius 1 is 1.37 bits per heavy atom. The number of thiazole rings is 1. The molecule has 0 saturated carbocycles. The Labute approximate surface area is 122 Å². The fourth-order valence-corrected chi connectivity index (χ4v) is 3.73. The van der Waals surface area contributed by atoms with Crippen LogP contribution in [0.5, 0.6) is 0 Å². The summed E-state index contributed by atoms with van der Waals surface area (Å²) < 4.78 is 4.14. The Morgan fingerprint density at radius 2 is 2.11 bits per heavy atom. The molecule has 0 aromatic carbocycles. The Hall–Kier alpha value is -0.850. The molecule has 2 aromatic heterocycles. The predicted molar refractivity (Wildman–Crippen MR) is 81.0 cm³/mol. The Morgan fingerprint density at radius 3 is 2.63 bits per heavy atom. The van der Waals surface area contributed by atoms with Crippen molar-refractivity contribution in [2.75, 3.05) is 7.05 Å². The van der Waals surface area contributed by atoms with Crippen LogP contribution in [-0.2, 0) is 11.8 Å². The van der Waals surface area contributed by atoms with Gasteiger partial charge in [0.1, 0.15) is 0 Å². The normalized spacial score (nSPS) is 13.7. The zero-order valence-electron chi connectivity index (χ0n) is 12.0. The Kier molecular flexibility index (Phi) is 4.32. The molecule has 0 saturated heterocycles. The molecule has 6 heteroatoms. The van der Waals surface area contributed by atoms with Gasteiger partial charge >= 0.3 is 0 Å². The lowest BCUT2D eigenvalue weighted by Crippen LogP contribution is -2.23. The summed E-state index contributed by atoms with van der Waals surface area (Å²) in [7, 11) is 1.98. The second-order valence-electron chi connectivity index (χ2n) is 5.66. The average Bonchev–Trinajstić information content (AvgIpc) is 2.93. The van der Waals surface area contributed by atoms with Gasteiger partial charge in [0.15, 0.2) is 0 Å². The van der Waals surface area contributed by atoms with E-state index in [9.17, 15) is 0 Å². The monoisotopic (exact) mass is 296 g/mol. The van der Waals surface area contributed by atoms with Gasteiger partial charge in [-0.05, 0) is 25.5 Å². The lowest BCUT2D eigenvalue weighted by Gasteiger charge is -2.20. The van der Waals surface area contributed by atoms with Crippen molar-refractivity contribution in [2.45, 2.75) is 45.6 Å². The maximum Gasteiger partial charge on any atom is 0.0947 e. The van der Waals surface area contributed by atoms with Crippen LogP contribution in [0, 0.1) is 6.92 Å². The third-order valence-corrected chi connectivity index (χ3v) is 4.76. The van der Waals surface area contributed by atoms with Gasteiger partial charge in [-0.1, -0.05) is 25.3 Å². The SMILES string of the molecule is CNC(Cc1nc(C)cs1)c1snnc1C(C)(C)C. The van der Waals surface area contributed by atoms with Crippen molar-refractivity contribution in [3.05, 3.63) is 26.7 Å². The van der Waals surface area contributed by atoms with E-state index in [-0.39, 0.29) is 11.5 Å². The highest BCUT2D eigenvalue weighted by Gasteiger charge is 2.27. The molecule has 1 unspecified atom stereocenters. The molecule has 1 atom stereocenters. The van der Waals surface area contributed by atoms with E-state index in [1.165, 1.54) is 16.4 Å². The average molecular weight is 296 g/mol. The summed E-state index contributed by atoms with van der Waals surface area (Å²) in [5.74, 6) is 0. The van der Waals surface area contributed by atoms with Crippen LogP contribution in [0.1, 0.15) is 48.1 Å². The molecule has 2 heterocycles. The fourth-order valence-electron chi connectivity index (χ4n) is 1.94. The molecular weight excluding hydrogens is 276 g/mol. The molecule has 1 N–H and O–H groups in total. The smallest absolute Gasteiger partial charge is 0.0947 e. The van der Waals surface area contributed by atoms with E-state index in [1.807, 2.05) is 14.0 Å². The van der Waals surface area contributed by atoms with Crippen molar-refractivity contribution in [3.8, 4) is 0 Å². The second kappa shape index (κ2) is 5.64. The van der Waals surface area contributed by atoms with Crippen molar-refractivity contribution in [2.24, 2.45) is 0 Å². The minimum Gasteiger partial charge on any atom is -0.312 e. The minimum atomic E-state index is 0.0240. The Bertz CT molecular complexity index is 539. The highest BCUT2D eigenvalue weighted by molar-refractivity contribution is 7.09. The highest BCUT2D eigenvalue weighted by Crippen LogP contribution is 2.32. The maximum atomic E-state index is 4.54. The summed E-state index contributed by atoms with van der Waals surface area (Å²) in [4.78, 5) is 5.77. The number of hydrogen-bond donors (Lipinski definition) is 1. The zero-order valence-corrected chi connectivity index (χ0v) is 13.7. The number of hydrogen-bond acceptors (Lipinski definition) is 6. The molecule has 0 bridgehead atoms. The molecule has 0 amide bonds. The predicted octanol–water partition coefficient (Wildman–Crippen LogP) is 3.10. The van der Waals surface area contributed by atoms with Crippen LogP contribution in [0.2, 0.25) is 0 Å². The van der Waals surface area contributed by atoms with Crippen LogP contribution < -0.4 is 5.32 Å². The summed E-state index contributed by atoms with van der Waals surface area (Å²) in [5.41, 5.74) is 2.20. The molecular formula is C13H20N4S2. The fraction of sp³-hybridized carbons (Fsp3) is 0.615. The van der Waals surface area contributed by atoms with Crippen molar-refractivity contribution >= 4 is 22.9 Å². The first-order chi connectivity index (χ1) is 8.91. The molecule has 0 aliphatic rings. The minimum absolute atomic E-state index is 0.0240. The number of aryl methyl sites for hydroxylation is 1. The molecule has 0 aliphatic heterocycles. The first-order valence-electron chi connectivity index (χ1n) is 6.33. The van der Waals surface area contributed by atoms with E-state index < -0.39 is 0 Å². The molecule has 2 rings (SSSR count). The summed E-state index contributed by atoms with van der Waals surface area (Å²) in [5, 5.41) is 10.9. The quantitative estimate of drug-likeness (QED) is 0.942. The topological polar surface area (TPSA) is 50.7 Å². The van der Waals surface area contributed by atoms with E-state index in [0.717, 1.165) is 22.8 Å². The summed E-state index contributed by atoms with van der Waals surface area (Å²) in [6, 6.07) is 0.236. The zero-order chi connectivity index (χ0) is 14.0. The number of nitrogens with zero attached hydrogens (tertiary/aromatic N) is 3. The number of likely N-dealkylation sites (N-methyl/N-ethyl adjacent to an activating group) is 1. The summed E-state index contributed by atoms with van der Waals surface area (Å²) in [6.07, 6.45) is 0.891. The number of nitrogens with one attached hydrogen (secondary N) is 1. The lowest BCUT2D eigenvalue weighted by atomic mass is 9.89. The van der Waals surface area contributed by atoms with E-state index in [1.54, 1.807) is 11.3 Å². The summed E-state index contributed by atoms with van der Waals surface area (Å²) in [6.45, 7) is 8.55. The van der Waals surface area contributed by atoms with E-state index >= 15 is 0 Å². The van der Waals surface area contributed by atoms with E-state index in [4.69, 9.17) is 0 Å². The first-order valence-corrected chi connectivity index (χ1v) is 7.98. The van der Waals surface area contributed by atoms with Gasteiger partial charge in [0.05, 0.1) is 21.6 Å². The molecule has 2 aromatic rings. The van der Waals surface area contributed by atoms with Crippen LogP contribution >= 0.6 is 22.9 Å². The van der Waals surface area contributed by atoms with Gasteiger partial charge in [-0.3, -0.25) is 0 Å². The third-order valence-electron chi connectivity index (χ3n) is 2.93. The third kappa shape index (κ3) is 3.38. The number of rotatable bonds is 4. The van der Waals surface area contributed by atoms with Gasteiger partial charge in [-0.15, -0.1) is 16.4 Å². The van der Waals surface area contributed by atoms with Gasteiger partial charge in [-0.25, -0.2) is 4.98 Å². The largest absolute Gasteiger partial charge is 0.312 e. The van der Waals surface area contributed by atoms with Crippen LogP contribution in [0.15, 0.2) is 5.38 Å². The van der Waals surface area contributed by atoms with Gasteiger partial charge < -0.3 is 5.32 Å². The van der Waals surface area contributed by atoms with Crippen molar-refractivity contribution in [1.29, 1.82) is 0 Å². The Balaban J connectivity index is 2.25. The van der Waals surface area contributed by atoms with Crippen LogP contribution in [-0.4, -0.2) is 21.6 Å². The molecule has 104 valence electrons. The molecule has 4 nitrogen and oxygen atoms in total. The highest BCUT2D eigenvalue weighted by atomic mass is 32.1. The van der Waals surface area contributed by atoms with Gasteiger partial charge in [0.2, 0.25) is 0 Å². The van der Waals surface area contributed by atoms with Crippen LogP contribution in [0.4, 0.5) is 0 Å². The molecule has 0 radical (unpaired) electrons. The second-order valence-corrected chi connectivity index (χ2v) is 7.39. The number of aromatic nitrogens is 3. The van der Waals surface area contributed by atoms with E-state index in [2.05, 4.69) is 46.0 Å². The first kappa shape index (κ1) is 14.6. The van der Waals surface area contributed by atoms with Crippen molar-refractivity contribution < 1.29 is 0 Å². The van der Waals surface area contributed by atoms with Gasteiger partial charge in [-0.2, -0.15) is 0 Å². The molecule has 0 fully saturated rings. The van der Waals surface area contributed by atoms with Crippen molar-refractivity contribution in [3.63, 3.8) is 0 Å². The molecule has 19 heavy (non-hydrogen) atoms. The van der Waals surface area contributed by atoms with E-state index in [0.29, 0.717) is 0 Å². The maximum absolute atomic E-state index is 4.54. The van der Waals surface area contributed by atoms with Crippen molar-refractivity contribution in [1.82, 2.24) is 19.9 Å². The van der Waals surface area contributed by atoms with Crippen LogP contribution in [0.3, 0.4) is 0 Å². The standard InChI is InChI=1S/C13H20N4S2/c1-8-7-18-10(15-8)6-9(14-5)11-12(13(2,3)4)16-17-19-11/h7,9,14H,6H2,1-5H3. The molecule has 0 aliphatic carbocycles. The molecule has 0 spiro atoms. The van der Waals surface area contributed by atoms with Crippen LogP contribution in [0.25, 0.3) is 0 Å². The van der Waals surface area contributed by atoms with Gasteiger partial charge in [0, 0.05) is 22.9 Å².